The van der Waals surface area contributed by atoms with Crippen LogP contribution in [0.2, 0.25) is 0 Å². The molecular weight excluding hydrogens is 136 g/mol. The minimum Gasteiger partial charge on any atom is -0.376 e. The molecule has 1 aliphatic rings. The molecule has 11 heavy (non-hydrogen) atoms. The van der Waals surface area contributed by atoms with Gasteiger partial charge in [-0.25, -0.2) is 0 Å². The molecule has 1 nitrogen and oxygen atoms in total. The van der Waals surface area contributed by atoms with Crippen LogP contribution in [-0.4, -0.2) is 6.61 Å². The smallest absolute Gasteiger partial charge is 0.0719 e. The molecular formula is C10H12O. The second kappa shape index (κ2) is 2.67. The van der Waals surface area contributed by atoms with Crippen molar-refractivity contribution in [3.63, 3.8) is 0 Å². The average molecular weight is 148 g/mol. The minimum absolute atomic E-state index is 0.569. The van der Waals surface area contributed by atoms with E-state index in [1.807, 2.05) is 0 Å². The summed E-state index contributed by atoms with van der Waals surface area (Å²) in [7, 11) is 0. The van der Waals surface area contributed by atoms with Crippen molar-refractivity contribution in [1.82, 2.24) is 0 Å². The van der Waals surface area contributed by atoms with Crippen LogP contribution in [0.4, 0.5) is 0 Å². The zero-order valence-electron chi connectivity index (χ0n) is 6.71. The normalized spacial score (nSPS) is 22.8. The first-order valence-electron chi connectivity index (χ1n) is 4.03. The monoisotopic (exact) mass is 148 g/mol. The molecule has 0 saturated carbocycles. The van der Waals surface area contributed by atoms with Gasteiger partial charge in [-0.15, -0.1) is 0 Å². The molecule has 0 aromatic heterocycles. The van der Waals surface area contributed by atoms with E-state index in [-0.39, 0.29) is 0 Å². The van der Waals surface area contributed by atoms with Gasteiger partial charge in [0.2, 0.25) is 0 Å². The van der Waals surface area contributed by atoms with Gasteiger partial charge in [0.15, 0.2) is 0 Å². The molecule has 1 heteroatoms. The van der Waals surface area contributed by atoms with Crippen molar-refractivity contribution >= 4 is 0 Å². The maximum atomic E-state index is 5.41. The summed E-state index contributed by atoms with van der Waals surface area (Å²) in [6, 6.07) is 8.51. The molecule has 0 bridgehead atoms. The van der Waals surface area contributed by atoms with E-state index in [1.54, 1.807) is 0 Å². The van der Waals surface area contributed by atoms with E-state index in [9.17, 15) is 0 Å². The Labute approximate surface area is 67.0 Å². The highest BCUT2D eigenvalue weighted by molar-refractivity contribution is 5.30. The van der Waals surface area contributed by atoms with Gasteiger partial charge in [-0.05, 0) is 11.1 Å². The number of benzene rings is 1. The first kappa shape index (κ1) is 6.86. The Bertz CT molecular complexity index is 255. The fourth-order valence-electron chi connectivity index (χ4n) is 1.58. The zero-order valence-corrected chi connectivity index (χ0v) is 6.71. The van der Waals surface area contributed by atoms with Crippen molar-refractivity contribution < 1.29 is 4.74 Å². The molecule has 0 spiro atoms. The molecule has 0 saturated heterocycles. The van der Waals surface area contributed by atoms with E-state index >= 15 is 0 Å². The molecule has 58 valence electrons. The van der Waals surface area contributed by atoms with Crippen molar-refractivity contribution in [3.05, 3.63) is 35.4 Å². The number of hydrogen-bond acceptors (Lipinski definition) is 1. The quantitative estimate of drug-likeness (QED) is 0.548. The molecule has 0 radical (unpaired) electrons. The van der Waals surface area contributed by atoms with Gasteiger partial charge in [0, 0.05) is 5.92 Å². The van der Waals surface area contributed by atoms with Crippen molar-refractivity contribution in [3.8, 4) is 0 Å². The average Bonchev–Trinajstić information content (AvgIpc) is 2.06. The number of ether oxygens (including phenoxy) is 1. The number of hydrogen-bond donors (Lipinski definition) is 0. The van der Waals surface area contributed by atoms with E-state index in [1.165, 1.54) is 11.1 Å². The summed E-state index contributed by atoms with van der Waals surface area (Å²) in [6.07, 6.45) is 0. The van der Waals surface area contributed by atoms with E-state index < -0.39 is 0 Å². The van der Waals surface area contributed by atoms with Gasteiger partial charge < -0.3 is 4.74 Å². The lowest BCUT2D eigenvalue weighted by atomic mass is 9.95. The van der Waals surface area contributed by atoms with Crippen molar-refractivity contribution in [2.75, 3.05) is 6.61 Å². The Morgan fingerprint density at radius 3 is 3.00 bits per heavy atom. The summed E-state index contributed by atoms with van der Waals surface area (Å²) in [4.78, 5) is 0. The molecule has 1 heterocycles. The van der Waals surface area contributed by atoms with Crippen LogP contribution in [0.5, 0.6) is 0 Å². The van der Waals surface area contributed by atoms with Gasteiger partial charge in [-0.3, -0.25) is 0 Å². The van der Waals surface area contributed by atoms with E-state index in [0.29, 0.717) is 5.92 Å². The fraction of sp³-hybridized carbons (Fsp3) is 0.400. The first-order chi connectivity index (χ1) is 5.38. The second-order valence-corrected chi connectivity index (χ2v) is 3.11. The Hall–Kier alpha value is -0.820. The van der Waals surface area contributed by atoms with E-state index in [2.05, 4.69) is 31.2 Å². The Morgan fingerprint density at radius 1 is 1.36 bits per heavy atom. The first-order valence-corrected chi connectivity index (χ1v) is 4.03. The molecule has 1 aliphatic heterocycles. The summed E-state index contributed by atoms with van der Waals surface area (Å²) in [5.74, 6) is 0.569. The van der Waals surface area contributed by atoms with Crippen LogP contribution in [-0.2, 0) is 11.3 Å². The van der Waals surface area contributed by atoms with Crippen LogP contribution in [0.25, 0.3) is 0 Å². The van der Waals surface area contributed by atoms with Crippen LogP contribution < -0.4 is 0 Å². The van der Waals surface area contributed by atoms with E-state index in [0.717, 1.165) is 13.2 Å². The molecule has 1 aromatic carbocycles. The van der Waals surface area contributed by atoms with Crippen molar-refractivity contribution in [1.29, 1.82) is 0 Å². The van der Waals surface area contributed by atoms with Crippen LogP contribution in [0, 0.1) is 0 Å². The molecule has 1 atom stereocenters. The van der Waals surface area contributed by atoms with Gasteiger partial charge >= 0.3 is 0 Å². The Balaban J connectivity index is 2.44. The van der Waals surface area contributed by atoms with Crippen LogP contribution >= 0.6 is 0 Å². The molecule has 0 N–H and O–H groups in total. The predicted octanol–water partition coefficient (Wildman–Crippen LogP) is 2.32. The topological polar surface area (TPSA) is 9.23 Å². The molecule has 1 unspecified atom stereocenters. The molecule has 0 aliphatic carbocycles. The highest BCUT2D eigenvalue weighted by atomic mass is 16.5. The maximum absolute atomic E-state index is 5.41. The van der Waals surface area contributed by atoms with E-state index in [4.69, 9.17) is 4.74 Å². The van der Waals surface area contributed by atoms with Crippen molar-refractivity contribution in [2.45, 2.75) is 19.4 Å². The maximum Gasteiger partial charge on any atom is 0.0719 e. The third kappa shape index (κ3) is 1.16. The second-order valence-electron chi connectivity index (χ2n) is 3.11. The number of rotatable bonds is 0. The van der Waals surface area contributed by atoms with Gasteiger partial charge in [-0.2, -0.15) is 0 Å². The highest BCUT2D eigenvalue weighted by Crippen LogP contribution is 2.25. The molecule has 0 amide bonds. The highest BCUT2D eigenvalue weighted by Gasteiger charge is 2.14. The standard InChI is InChI=1S/C10H12O/c1-8-6-11-7-9-4-2-3-5-10(8)9/h2-5,8H,6-7H2,1H3. The minimum atomic E-state index is 0.569. The third-order valence-electron chi connectivity index (χ3n) is 2.21. The fourth-order valence-corrected chi connectivity index (χ4v) is 1.58. The van der Waals surface area contributed by atoms with Crippen molar-refractivity contribution in [2.24, 2.45) is 0 Å². The van der Waals surface area contributed by atoms with Crippen LogP contribution in [0.15, 0.2) is 24.3 Å². The molecule has 2 rings (SSSR count). The third-order valence-corrected chi connectivity index (χ3v) is 2.21. The van der Waals surface area contributed by atoms with Gasteiger partial charge in [0.25, 0.3) is 0 Å². The summed E-state index contributed by atoms with van der Waals surface area (Å²) < 4.78 is 5.41. The summed E-state index contributed by atoms with van der Waals surface area (Å²) in [5, 5.41) is 0. The lowest BCUT2D eigenvalue weighted by Crippen LogP contribution is -2.13. The molecule has 0 fully saturated rings. The van der Waals surface area contributed by atoms with Gasteiger partial charge in [-0.1, -0.05) is 31.2 Å². The van der Waals surface area contributed by atoms with Crippen LogP contribution in [0.1, 0.15) is 24.0 Å². The lowest BCUT2D eigenvalue weighted by molar-refractivity contribution is 0.0951. The molecule has 1 aromatic rings. The zero-order chi connectivity index (χ0) is 7.68. The Morgan fingerprint density at radius 2 is 2.18 bits per heavy atom. The predicted molar refractivity (Wildman–Crippen MR) is 44.5 cm³/mol. The number of fused-ring (bicyclic) bond motifs is 1. The summed E-state index contributed by atoms with van der Waals surface area (Å²) >= 11 is 0. The lowest BCUT2D eigenvalue weighted by Gasteiger charge is -2.21. The van der Waals surface area contributed by atoms with Gasteiger partial charge in [0.05, 0.1) is 13.2 Å². The summed E-state index contributed by atoms with van der Waals surface area (Å²) in [6.45, 7) is 3.87. The van der Waals surface area contributed by atoms with Gasteiger partial charge in [0.1, 0.15) is 0 Å². The Kier molecular flexibility index (Phi) is 1.66. The SMILES string of the molecule is CC1COCc2ccccc21. The van der Waals surface area contributed by atoms with Crippen LogP contribution in [0.3, 0.4) is 0 Å². The largest absolute Gasteiger partial charge is 0.376 e. The summed E-state index contributed by atoms with van der Waals surface area (Å²) in [5.41, 5.74) is 2.81.